The summed E-state index contributed by atoms with van der Waals surface area (Å²) >= 11 is 0. The minimum Gasteiger partial charge on any atom is -0.481 e. The van der Waals surface area contributed by atoms with Crippen molar-refractivity contribution in [1.29, 1.82) is 0 Å². The monoisotopic (exact) mass is 170 g/mol. The molecule has 5 heteroatoms. The summed E-state index contributed by atoms with van der Waals surface area (Å²) in [4.78, 5) is 20.1. The van der Waals surface area contributed by atoms with E-state index in [-0.39, 0.29) is 36.1 Å². The van der Waals surface area contributed by atoms with Crippen LogP contribution >= 0.6 is 0 Å². The Kier molecular flexibility index (Phi) is 8.97. The molecule has 0 atom stereocenters. The van der Waals surface area contributed by atoms with E-state index in [2.05, 4.69) is 11.3 Å². The molecule has 0 aliphatic carbocycles. The summed E-state index contributed by atoms with van der Waals surface area (Å²) in [6.07, 6.45) is 0.821. The molecule has 0 radical (unpaired) electrons. The quantitative estimate of drug-likeness (QED) is 0.343. The van der Waals surface area contributed by atoms with Crippen LogP contribution in [0, 0.1) is 0 Å². The van der Waals surface area contributed by atoms with Gasteiger partial charge < -0.3 is 9.84 Å². The molecule has 0 aromatic heterocycles. The van der Waals surface area contributed by atoms with E-state index in [1.165, 1.54) is 0 Å². The second-order valence-corrected chi connectivity index (χ2v) is 1.52. The molecule has 0 amide bonds. The molecular weight excluding hydrogens is 160 g/mol. The molecule has 0 rings (SSSR count). The van der Waals surface area contributed by atoms with E-state index in [1.807, 2.05) is 0 Å². The maximum Gasteiger partial charge on any atom is 0.330 e. The van der Waals surface area contributed by atoms with Gasteiger partial charge in [0.25, 0.3) is 0 Å². The van der Waals surface area contributed by atoms with E-state index in [9.17, 15) is 9.59 Å². The van der Waals surface area contributed by atoms with E-state index < -0.39 is 11.9 Å². The Labute approximate surface area is 80.4 Å². The molecule has 0 aromatic rings. The van der Waals surface area contributed by atoms with Crippen LogP contribution in [0.15, 0.2) is 12.7 Å². The predicted molar refractivity (Wildman–Crippen MR) is 42.0 cm³/mol. The lowest BCUT2D eigenvalue weighted by atomic mass is 10.5. The maximum atomic E-state index is 10.3. The van der Waals surface area contributed by atoms with Crippen molar-refractivity contribution < 1.29 is 19.4 Å². The fourth-order valence-corrected chi connectivity index (χ4v) is 0.298. The first-order chi connectivity index (χ1) is 4.66. The molecule has 0 saturated heterocycles. The largest absolute Gasteiger partial charge is 0.481 e. The van der Waals surface area contributed by atoms with Crippen LogP contribution in [0.1, 0.15) is 6.42 Å². The molecule has 1 N–H and O–H groups in total. The fraction of sp³-hybridized carbons (Fsp3) is 0.333. The lowest BCUT2D eigenvalue weighted by Gasteiger charge is -1.96. The third kappa shape index (κ3) is 9.45. The zero-order chi connectivity index (χ0) is 7.98. The minimum absolute atomic E-state index is 0. The SMILES string of the molecule is C=CC(=O)OCCC(=O)O.[MgH2]. The molecule has 0 saturated carbocycles. The third-order valence-electron chi connectivity index (χ3n) is 0.727. The van der Waals surface area contributed by atoms with Gasteiger partial charge >= 0.3 is 35.0 Å². The van der Waals surface area contributed by atoms with Gasteiger partial charge in [0.1, 0.15) is 6.61 Å². The van der Waals surface area contributed by atoms with Crippen LogP contribution in [-0.2, 0) is 14.3 Å². The van der Waals surface area contributed by atoms with Crippen molar-refractivity contribution in [2.75, 3.05) is 6.61 Å². The normalized spacial score (nSPS) is 7.64. The van der Waals surface area contributed by atoms with Gasteiger partial charge in [0.15, 0.2) is 0 Å². The van der Waals surface area contributed by atoms with Crippen LogP contribution < -0.4 is 0 Å². The fourth-order valence-electron chi connectivity index (χ4n) is 0.298. The predicted octanol–water partition coefficient (Wildman–Crippen LogP) is -0.726. The van der Waals surface area contributed by atoms with Crippen LogP contribution in [0.4, 0.5) is 0 Å². The van der Waals surface area contributed by atoms with E-state index in [4.69, 9.17) is 5.11 Å². The number of hydrogen-bond acceptors (Lipinski definition) is 3. The molecule has 0 aliphatic heterocycles. The lowest BCUT2D eigenvalue weighted by molar-refractivity contribution is -0.142. The van der Waals surface area contributed by atoms with Gasteiger partial charge in [-0.25, -0.2) is 4.79 Å². The summed E-state index contributed by atoms with van der Waals surface area (Å²) in [7, 11) is 0. The van der Waals surface area contributed by atoms with Crippen LogP contribution in [-0.4, -0.2) is 46.7 Å². The number of hydrogen-bond donors (Lipinski definition) is 1. The Morgan fingerprint density at radius 2 is 2.09 bits per heavy atom. The van der Waals surface area contributed by atoms with Crippen LogP contribution in [0.25, 0.3) is 0 Å². The number of rotatable bonds is 4. The highest BCUT2D eigenvalue weighted by Gasteiger charge is 1.98. The summed E-state index contributed by atoms with van der Waals surface area (Å²) in [5, 5.41) is 8.08. The van der Waals surface area contributed by atoms with Gasteiger partial charge in [-0.3, -0.25) is 4.79 Å². The molecular formula is C6H10MgO4. The summed E-state index contributed by atoms with van der Waals surface area (Å²) < 4.78 is 4.36. The van der Waals surface area contributed by atoms with Crippen molar-refractivity contribution in [3.63, 3.8) is 0 Å². The topological polar surface area (TPSA) is 63.6 Å². The van der Waals surface area contributed by atoms with Crippen LogP contribution in [0.2, 0.25) is 0 Å². The average molecular weight is 170 g/mol. The number of ether oxygens (including phenoxy) is 1. The van der Waals surface area contributed by atoms with Crippen molar-refractivity contribution in [1.82, 2.24) is 0 Å². The first-order valence-corrected chi connectivity index (χ1v) is 2.68. The molecule has 0 bridgehead atoms. The number of carbonyl (C=O) groups excluding carboxylic acids is 1. The number of carbonyl (C=O) groups is 2. The molecule has 0 fully saturated rings. The zero-order valence-electron chi connectivity index (χ0n) is 5.37. The van der Waals surface area contributed by atoms with Gasteiger partial charge in [-0.15, -0.1) is 0 Å². The highest BCUT2D eigenvalue weighted by Crippen LogP contribution is 1.83. The number of esters is 1. The van der Waals surface area contributed by atoms with Crippen molar-refractivity contribution in [3.05, 3.63) is 12.7 Å². The van der Waals surface area contributed by atoms with Crippen molar-refractivity contribution in [3.8, 4) is 0 Å². The standard InChI is InChI=1S/C6H8O4.Mg.2H/c1-2-6(9)10-4-3-5(7)8;;;/h2H,1,3-4H2,(H,7,8);;;. The Morgan fingerprint density at radius 3 is 2.45 bits per heavy atom. The van der Waals surface area contributed by atoms with E-state index in [1.54, 1.807) is 0 Å². The van der Waals surface area contributed by atoms with Gasteiger partial charge in [0.05, 0.1) is 6.42 Å². The Balaban J connectivity index is 0. The second-order valence-electron chi connectivity index (χ2n) is 1.52. The third-order valence-corrected chi connectivity index (χ3v) is 0.727. The second kappa shape index (κ2) is 7.55. The molecule has 0 spiro atoms. The van der Waals surface area contributed by atoms with Crippen molar-refractivity contribution >= 4 is 35.0 Å². The molecule has 0 aromatic carbocycles. The number of carboxylic acids is 1. The van der Waals surface area contributed by atoms with Crippen LogP contribution in [0.5, 0.6) is 0 Å². The molecule has 0 unspecified atom stereocenters. The maximum absolute atomic E-state index is 10.3. The highest BCUT2D eigenvalue weighted by molar-refractivity contribution is 5.81. The number of aliphatic carboxylic acids is 1. The highest BCUT2D eigenvalue weighted by atomic mass is 24.3. The van der Waals surface area contributed by atoms with Gasteiger partial charge in [-0.05, 0) is 0 Å². The smallest absolute Gasteiger partial charge is 0.330 e. The van der Waals surface area contributed by atoms with Gasteiger partial charge in [-0.1, -0.05) is 6.58 Å². The zero-order valence-corrected chi connectivity index (χ0v) is 5.37. The van der Waals surface area contributed by atoms with E-state index >= 15 is 0 Å². The molecule has 60 valence electrons. The van der Waals surface area contributed by atoms with Crippen LogP contribution in [0.3, 0.4) is 0 Å². The molecule has 0 aliphatic rings. The summed E-state index contributed by atoms with van der Waals surface area (Å²) in [6.45, 7) is 3.04. The minimum atomic E-state index is -0.989. The molecule has 0 heterocycles. The number of carboxylic acid groups (broad SMARTS) is 1. The summed E-state index contributed by atoms with van der Waals surface area (Å²) in [5.41, 5.74) is 0. The van der Waals surface area contributed by atoms with Crippen molar-refractivity contribution in [2.45, 2.75) is 6.42 Å². The lowest BCUT2D eigenvalue weighted by Crippen LogP contribution is -2.06. The Hall–Kier alpha value is -0.554. The first-order valence-electron chi connectivity index (χ1n) is 2.68. The molecule has 4 nitrogen and oxygen atoms in total. The average Bonchev–Trinajstić information content (AvgIpc) is 1.87. The first kappa shape index (κ1) is 13.1. The van der Waals surface area contributed by atoms with Gasteiger partial charge in [0.2, 0.25) is 0 Å². The van der Waals surface area contributed by atoms with Gasteiger partial charge in [-0.2, -0.15) is 0 Å². The Bertz CT molecular complexity index is 155. The van der Waals surface area contributed by atoms with Gasteiger partial charge in [0, 0.05) is 6.08 Å². The van der Waals surface area contributed by atoms with E-state index in [0.29, 0.717) is 0 Å². The summed E-state index contributed by atoms with van der Waals surface area (Å²) in [6, 6.07) is 0. The summed E-state index contributed by atoms with van der Waals surface area (Å²) in [5.74, 6) is -1.59. The van der Waals surface area contributed by atoms with Crippen molar-refractivity contribution in [2.24, 2.45) is 0 Å². The van der Waals surface area contributed by atoms with E-state index in [0.717, 1.165) is 6.08 Å². The Morgan fingerprint density at radius 1 is 1.55 bits per heavy atom. The molecule has 11 heavy (non-hydrogen) atoms.